The minimum absolute atomic E-state index is 0.00711. The molecule has 2 N–H and O–H groups in total. The van der Waals surface area contributed by atoms with E-state index in [9.17, 15) is 15.4 Å². The molecule has 2 saturated heterocycles. The van der Waals surface area contributed by atoms with Gasteiger partial charge in [0.2, 0.25) is 0 Å². The molecule has 3 heterocycles. The van der Waals surface area contributed by atoms with Gasteiger partial charge in [0.1, 0.15) is 17.6 Å². The van der Waals surface area contributed by atoms with Crippen LogP contribution in [0.1, 0.15) is 23.9 Å². The number of hydrogen-bond acceptors (Lipinski definition) is 9. The highest BCUT2D eigenvalue weighted by atomic mass is 16.6. The van der Waals surface area contributed by atoms with Crippen molar-refractivity contribution in [1.29, 1.82) is 5.26 Å². The maximum absolute atomic E-state index is 12.1. The molecule has 1 aromatic heterocycles. The number of fused-ring (bicyclic) bond motifs is 1. The van der Waals surface area contributed by atoms with Gasteiger partial charge in [-0.3, -0.25) is 14.9 Å². The van der Waals surface area contributed by atoms with Crippen LogP contribution in [0.3, 0.4) is 0 Å². The second-order valence-electron chi connectivity index (χ2n) is 9.15. The minimum atomic E-state index is -0.833. The maximum atomic E-state index is 12.1. The molecule has 0 spiro atoms. The molecule has 204 valence electrons. The Morgan fingerprint density at radius 2 is 1.69 bits per heavy atom. The van der Waals surface area contributed by atoms with Gasteiger partial charge < -0.3 is 29.4 Å². The molecule has 3 aromatic rings. The van der Waals surface area contributed by atoms with Crippen molar-refractivity contribution in [1.82, 2.24) is 9.97 Å². The number of rotatable bonds is 5. The van der Waals surface area contributed by atoms with Gasteiger partial charge in [-0.25, -0.2) is 4.98 Å². The number of carbonyl (C=O) groups is 1. The lowest BCUT2D eigenvalue weighted by atomic mass is 10.0. The van der Waals surface area contributed by atoms with Crippen LogP contribution in [0.15, 0.2) is 30.3 Å². The highest BCUT2D eigenvalue weighted by Crippen LogP contribution is 2.38. The number of nitrogens with one attached hydrogen (secondary N) is 1. The molecule has 0 aliphatic carbocycles. The normalized spacial score (nSPS) is 15.9. The molecule has 12 nitrogen and oxygen atoms in total. The fraction of sp³-hybridized carbons (Fsp3) is 0.370. The van der Waals surface area contributed by atoms with Crippen molar-refractivity contribution in [3.8, 4) is 6.07 Å². The highest BCUT2D eigenvalue weighted by molar-refractivity contribution is 5.94. The van der Waals surface area contributed by atoms with Crippen LogP contribution in [0.5, 0.6) is 0 Å². The number of nitrogens with zero attached hydrogens (tertiary/aromatic N) is 5. The first-order valence-corrected chi connectivity index (χ1v) is 12.5. The van der Waals surface area contributed by atoms with Crippen LogP contribution in [-0.4, -0.2) is 78.6 Å². The fourth-order valence-corrected chi connectivity index (χ4v) is 4.54. The minimum Gasteiger partial charge on any atom is -0.481 e. The quantitative estimate of drug-likeness (QED) is 0.281. The summed E-state index contributed by atoms with van der Waals surface area (Å²) in [4.78, 5) is 32.7. The number of hydrogen-bond donors (Lipinski definition) is 2. The van der Waals surface area contributed by atoms with Crippen LogP contribution < -0.4 is 9.80 Å². The molecule has 12 heteroatoms. The van der Waals surface area contributed by atoms with E-state index in [1.165, 1.54) is 0 Å². The van der Waals surface area contributed by atoms with E-state index in [4.69, 9.17) is 19.4 Å². The Balaban J connectivity index is 0.000000826. The number of anilines is 2. The van der Waals surface area contributed by atoms with E-state index in [0.717, 1.165) is 29.2 Å². The lowest BCUT2D eigenvalue weighted by molar-refractivity contribution is -0.384. The summed E-state index contributed by atoms with van der Waals surface area (Å²) < 4.78 is 11.0. The first-order chi connectivity index (χ1) is 18.8. The number of carboxylic acids is 1. The molecule has 2 aliphatic heterocycles. The molecule has 2 fully saturated rings. The number of nitro groups is 1. The predicted molar refractivity (Wildman–Crippen MR) is 147 cm³/mol. The van der Waals surface area contributed by atoms with E-state index in [2.05, 4.69) is 20.9 Å². The summed E-state index contributed by atoms with van der Waals surface area (Å²) in [5.74, 6) is -0.402. The molecular weight excluding hydrogens is 504 g/mol. The molecule has 0 atom stereocenters. The monoisotopic (exact) mass is 534 g/mol. The van der Waals surface area contributed by atoms with Crippen molar-refractivity contribution in [3.63, 3.8) is 0 Å². The zero-order valence-corrected chi connectivity index (χ0v) is 21.8. The number of imidazole rings is 1. The van der Waals surface area contributed by atoms with Crippen LogP contribution in [0.2, 0.25) is 0 Å². The molecule has 0 bridgehead atoms. The van der Waals surface area contributed by atoms with Gasteiger partial charge in [-0.2, -0.15) is 5.26 Å². The van der Waals surface area contributed by atoms with E-state index in [1.54, 1.807) is 12.1 Å². The first kappa shape index (κ1) is 27.6. The summed E-state index contributed by atoms with van der Waals surface area (Å²) in [6.45, 7) is 7.75. The lowest BCUT2D eigenvalue weighted by Crippen LogP contribution is -2.38. The summed E-state index contributed by atoms with van der Waals surface area (Å²) in [6.07, 6.45) is 1.69. The number of aryl methyl sites for hydroxylation is 1. The Bertz CT molecular complexity index is 1430. The van der Waals surface area contributed by atoms with Gasteiger partial charge in [0.25, 0.3) is 11.7 Å². The Morgan fingerprint density at radius 1 is 1.10 bits per heavy atom. The van der Waals surface area contributed by atoms with Gasteiger partial charge in [-0.15, -0.1) is 0 Å². The van der Waals surface area contributed by atoms with Gasteiger partial charge in [0, 0.05) is 50.4 Å². The Kier molecular flexibility index (Phi) is 8.75. The third-order valence-electron chi connectivity index (χ3n) is 6.34. The van der Waals surface area contributed by atoms with Crippen molar-refractivity contribution in [2.24, 2.45) is 0 Å². The highest BCUT2D eigenvalue weighted by Gasteiger charge is 2.26. The van der Waals surface area contributed by atoms with Crippen LogP contribution in [0, 0.1) is 28.4 Å². The van der Waals surface area contributed by atoms with E-state index < -0.39 is 5.97 Å². The van der Waals surface area contributed by atoms with Crippen molar-refractivity contribution in [2.75, 3.05) is 62.4 Å². The molecule has 39 heavy (non-hydrogen) atoms. The molecule has 0 saturated carbocycles. The molecular formula is C27H30N6O6. The van der Waals surface area contributed by atoms with E-state index in [0.29, 0.717) is 75.3 Å². The second kappa shape index (κ2) is 12.4. The smallest absolute Gasteiger partial charge is 0.300 e. The maximum Gasteiger partial charge on any atom is 0.300 e. The van der Waals surface area contributed by atoms with Gasteiger partial charge in [0.15, 0.2) is 0 Å². The number of aromatic nitrogens is 2. The number of aromatic amines is 1. The van der Waals surface area contributed by atoms with Gasteiger partial charge in [-0.1, -0.05) is 6.07 Å². The largest absolute Gasteiger partial charge is 0.481 e. The average molecular weight is 535 g/mol. The van der Waals surface area contributed by atoms with Gasteiger partial charge >= 0.3 is 0 Å². The van der Waals surface area contributed by atoms with Crippen molar-refractivity contribution in [3.05, 3.63) is 57.4 Å². The number of morpholine rings is 2. The molecule has 2 aliphatic rings. The summed E-state index contributed by atoms with van der Waals surface area (Å²) in [7, 11) is 0. The van der Waals surface area contributed by atoms with Crippen LogP contribution in [0.4, 0.5) is 17.1 Å². The summed E-state index contributed by atoms with van der Waals surface area (Å²) in [5.41, 5.74) is 4.99. The third-order valence-corrected chi connectivity index (χ3v) is 6.34. The van der Waals surface area contributed by atoms with Crippen molar-refractivity contribution in [2.45, 2.75) is 13.8 Å². The number of allylic oxidation sites excluding steroid dienone is 1. The molecule has 0 unspecified atom stereocenters. The molecule has 2 aromatic carbocycles. The number of nitriles is 1. The number of carboxylic acid groups (broad SMARTS) is 1. The molecule has 0 radical (unpaired) electrons. The molecule has 5 rings (SSSR count). The Labute approximate surface area is 225 Å². The zero-order valence-electron chi connectivity index (χ0n) is 21.8. The summed E-state index contributed by atoms with van der Waals surface area (Å²) in [5, 5.41) is 29.5. The number of H-pyrrole nitrogens is 1. The predicted octanol–water partition coefficient (Wildman–Crippen LogP) is 3.61. The van der Waals surface area contributed by atoms with Crippen LogP contribution >= 0.6 is 0 Å². The van der Waals surface area contributed by atoms with E-state index in [-0.39, 0.29) is 10.6 Å². The number of nitro benzene ring substituents is 1. The second-order valence-corrected chi connectivity index (χ2v) is 9.15. The topological polar surface area (TPSA) is 158 Å². The number of ether oxygens (including phenoxy) is 2. The third kappa shape index (κ3) is 6.70. The molecule has 0 amide bonds. The van der Waals surface area contributed by atoms with E-state index >= 15 is 0 Å². The first-order valence-electron chi connectivity index (χ1n) is 12.5. The Morgan fingerprint density at radius 3 is 2.26 bits per heavy atom. The number of benzene rings is 2. The van der Waals surface area contributed by atoms with Gasteiger partial charge in [0.05, 0.1) is 48.0 Å². The van der Waals surface area contributed by atoms with Crippen LogP contribution in [0.25, 0.3) is 22.7 Å². The summed E-state index contributed by atoms with van der Waals surface area (Å²) >= 11 is 0. The zero-order chi connectivity index (χ0) is 27.9. The van der Waals surface area contributed by atoms with Crippen molar-refractivity contribution < 1.29 is 24.3 Å². The number of aliphatic carboxylic acids is 1. The van der Waals surface area contributed by atoms with Gasteiger partial charge in [-0.05, 0) is 36.8 Å². The Hall–Kier alpha value is -4.47. The van der Waals surface area contributed by atoms with Crippen LogP contribution in [-0.2, 0) is 14.3 Å². The van der Waals surface area contributed by atoms with E-state index in [1.807, 2.05) is 36.1 Å². The fourth-order valence-electron chi connectivity index (χ4n) is 4.54. The SMILES string of the molecule is CC(=O)O.Cc1ccc2nc(C(C#N)=Cc3cc([N+](=O)[O-])c(N4CCOCC4)cc3N3CCOCC3)[nH]c2c1. The standard InChI is InChI=1S/C25H26N6O4.C2H4O2/c1-17-2-3-20-21(12-17)28-25(27-20)19(16-26)13-18-14-24(31(32)33)23(30-6-10-35-11-7-30)15-22(18)29-4-8-34-9-5-29;1-2(3)4/h2-3,12-15H,4-11H2,1H3,(H,27,28);1H3,(H,3,4). The van der Waals surface area contributed by atoms with Crippen molar-refractivity contribution >= 4 is 45.7 Å². The lowest BCUT2D eigenvalue weighted by Gasteiger charge is -2.33. The average Bonchev–Trinajstić information content (AvgIpc) is 3.35. The summed E-state index contributed by atoms with van der Waals surface area (Å²) in [6, 6.07) is 11.5.